The van der Waals surface area contributed by atoms with Crippen molar-refractivity contribution in [3.05, 3.63) is 36.7 Å². The van der Waals surface area contributed by atoms with E-state index in [0.717, 1.165) is 12.1 Å². The van der Waals surface area contributed by atoms with Gasteiger partial charge in [0.2, 0.25) is 0 Å². The average molecular weight is 179 g/mol. The van der Waals surface area contributed by atoms with Crippen molar-refractivity contribution in [2.75, 3.05) is 6.54 Å². The molecule has 0 radical (unpaired) electrons. The Bertz CT molecular complexity index is 258. The van der Waals surface area contributed by atoms with E-state index in [1.807, 2.05) is 6.07 Å². The first-order valence-corrected chi connectivity index (χ1v) is 3.97. The molecule has 0 aliphatic heterocycles. The number of nitrogens with two attached hydrogens (primary N) is 2. The molecule has 4 N–H and O–H groups in total. The van der Waals surface area contributed by atoms with Crippen molar-refractivity contribution in [2.24, 2.45) is 11.6 Å². The molecule has 0 amide bonds. The maximum atomic E-state index is 5.56. The highest BCUT2D eigenvalue weighted by Gasteiger charge is 1.95. The summed E-state index contributed by atoms with van der Waals surface area (Å²) in [6.45, 7) is 0.685. The Morgan fingerprint density at radius 3 is 3.00 bits per heavy atom. The summed E-state index contributed by atoms with van der Waals surface area (Å²) in [7, 11) is 0. The van der Waals surface area contributed by atoms with Crippen LogP contribution in [0.1, 0.15) is 5.69 Å². The molecule has 5 heteroatoms. The summed E-state index contributed by atoms with van der Waals surface area (Å²) in [6.07, 6.45) is 7.03. The van der Waals surface area contributed by atoms with E-state index in [-0.39, 0.29) is 0 Å². The predicted octanol–water partition coefficient (Wildman–Crippen LogP) is -0.375. The van der Waals surface area contributed by atoms with Crippen LogP contribution in [-0.2, 0) is 6.42 Å². The van der Waals surface area contributed by atoms with Crippen LogP contribution in [0.25, 0.3) is 0 Å². The molecule has 0 saturated heterocycles. The summed E-state index contributed by atoms with van der Waals surface area (Å²) in [5, 5.41) is 1.52. The van der Waals surface area contributed by atoms with Gasteiger partial charge in [-0.1, -0.05) is 0 Å². The number of hydrogen-bond donors (Lipinski definition) is 2. The highest BCUT2D eigenvalue weighted by atomic mass is 15.4. The van der Waals surface area contributed by atoms with E-state index in [4.69, 9.17) is 11.6 Å². The summed E-state index contributed by atoms with van der Waals surface area (Å²) in [5.41, 5.74) is 6.14. The molecule has 0 spiro atoms. The van der Waals surface area contributed by atoms with Crippen LogP contribution in [0, 0.1) is 0 Å². The molecule has 0 aliphatic rings. The molecule has 70 valence electrons. The second-order valence-electron chi connectivity index (χ2n) is 2.53. The fourth-order valence-corrected chi connectivity index (χ4v) is 0.895. The quantitative estimate of drug-likeness (QED) is 0.486. The van der Waals surface area contributed by atoms with E-state index in [1.165, 1.54) is 17.5 Å². The van der Waals surface area contributed by atoms with Crippen molar-refractivity contribution < 1.29 is 0 Å². The number of hydrazine groups is 1. The summed E-state index contributed by atoms with van der Waals surface area (Å²) >= 11 is 0. The monoisotopic (exact) mass is 179 g/mol. The highest BCUT2D eigenvalue weighted by Crippen LogP contribution is 1.93. The molecule has 13 heavy (non-hydrogen) atoms. The molecule has 1 aromatic heterocycles. The predicted molar refractivity (Wildman–Crippen MR) is 50.0 cm³/mol. The fraction of sp³-hybridized carbons (Fsp3) is 0.250. The summed E-state index contributed by atoms with van der Waals surface area (Å²) in [6, 6.07) is 1.86. The Balaban J connectivity index is 2.35. The molecule has 1 heterocycles. The van der Waals surface area contributed by atoms with E-state index in [9.17, 15) is 0 Å². The number of aromatic nitrogens is 2. The van der Waals surface area contributed by atoms with Crippen molar-refractivity contribution >= 4 is 0 Å². The Hall–Kier alpha value is -1.62. The van der Waals surface area contributed by atoms with E-state index in [1.54, 1.807) is 12.4 Å². The lowest BCUT2D eigenvalue weighted by Gasteiger charge is -2.11. The molecule has 0 unspecified atom stereocenters. The van der Waals surface area contributed by atoms with E-state index in [2.05, 4.69) is 9.97 Å². The van der Waals surface area contributed by atoms with E-state index >= 15 is 0 Å². The molecule has 1 aromatic rings. The van der Waals surface area contributed by atoms with Gasteiger partial charge in [0.15, 0.2) is 0 Å². The first-order valence-electron chi connectivity index (χ1n) is 3.97. The van der Waals surface area contributed by atoms with Crippen molar-refractivity contribution in [2.45, 2.75) is 6.42 Å². The molecule has 0 fully saturated rings. The van der Waals surface area contributed by atoms with Crippen LogP contribution in [0.2, 0.25) is 0 Å². The lowest BCUT2D eigenvalue weighted by molar-refractivity contribution is 0.395. The lowest BCUT2D eigenvalue weighted by Crippen LogP contribution is -2.27. The van der Waals surface area contributed by atoms with Gasteiger partial charge in [-0.2, -0.15) is 0 Å². The topological polar surface area (TPSA) is 81.1 Å². The summed E-state index contributed by atoms with van der Waals surface area (Å²) < 4.78 is 0. The summed E-state index contributed by atoms with van der Waals surface area (Å²) in [5.74, 6) is 5.56. The molecule has 0 bridgehead atoms. The Kier molecular flexibility index (Phi) is 3.72. The second-order valence-corrected chi connectivity index (χ2v) is 2.53. The van der Waals surface area contributed by atoms with Gasteiger partial charge < -0.3 is 10.7 Å². The van der Waals surface area contributed by atoms with Crippen LogP contribution in [0.5, 0.6) is 0 Å². The largest absolute Gasteiger partial charge is 0.403 e. The first kappa shape index (κ1) is 9.47. The Morgan fingerprint density at radius 2 is 2.38 bits per heavy atom. The minimum absolute atomic E-state index is 0.685. The fourth-order valence-electron chi connectivity index (χ4n) is 0.895. The zero-order valence-electron chi connectivity index (χ0n) is 7.30. The maximum Gasteiger partial charge on any atom is 0.115 e. The van der Waals surface area contributed by atoms with Gasteiger partial charge in [0.1, 0.15) is 6.33 Å². The van der Waals surface area contributed by atoms with Gasteiger partial charge >= 0.3 is 0 Å². The van der Waals surface area contributed by atoms with Crippen molar-refractivity contribution in [1.82, 2.24) is 15.0 Å². The highest BCUT2D eigenvalue weighted by molar-refractivity contribution is 4.98. The minimum Gasteiger partial charge on any atom is -0.403 e. The third-order valence-electron chi connectivity index (χ3n) is 1.55. The van der Waals surface area contributed by atoms with Gasteiger partial charge in [0.25, 0.3) is 0 Å². The van der Waals surface area contributed by atoms with Gasteiger partial charge in [0.05, 0.1) is 0 Å². The van der Waals surface area contributed by atoms with Crippen LogP contribution in [-0.4, -0.2) is 21.5 Å². The SMILES string of the molecule is N/C=C\N(N)CCc1ccncn1. The van der Waals surface area contributed by atoms with E-state index in [0.29, 0.717) is 6.54 Å². The third-order valence-corrected chi connectivity index (χ3v) is 1.55. The second kappa shape index (κ2) is 5.10. The Labute approximate surface area is 77.1 Å². The van der Waals surface area contributed by atoms with Gasteiger partial charge in [-0.05, 0) is 6.07 Å². The minimum atomic E-state index is 0.685. The van der Waals surface area contributed by atoms with Crippen molar-refractivity contribution in [3.63, 3.8) is 0 Å². The normalized spacial score (nSPS) is 10.5. The number of rotatable bonds is 4. The summed E-state index contributed by atoms with van der Waals surface area (Å²) in [4.78, 5) is 7.88. The van der Waals surface area contributed by atoms with Gasteiger partial charge in [-0.25, -0.2) is 15.8 Å². The molecular formula is C8H13N5. The van der Waals surface area contributed by atoms with Crippen molar-refractivity contribution in [1.29, 1.82) is 0 Å². The number of hydrogen-bond acceptors (Lipinski definition) is 5. The number of nitrogens with zero attached hydrogens (tertiary/aromatic N) is 3. The smallest absolute Gasteiger partial charge is 0.115 e. The molecule has 0 atom stereocenters. The van der Waals surface area contributed by atoms with E-state index < -0.39 is 0 Å². The average Bonchev–Trinajstić information content (AvgIpc) is 2.17. The van der Waals surface area contributed by atoms with Crippen LogP contribution < -0.4 is 11.6 Å². The zero-order chi connectivity index (χ0) is 9.52. The molecular weight excluding hydrogens is 166 g/mol. The molecule has 5 nitrogen and oxygen atoms in total. The van der Waals surface area contributed by atoms with Crippen LogP contribution >= 0.6 is 0 Å². The lowest BCUT2D eigenvalue weighted by atomic mass is 10.3. The van der Waals surface area contributed by atoms with Crippen LogP contribution in [0.4, 0.5) is 0 Å². The van der Waals surface area contributed by atoms with Crippen LogP contribution in [0.3, 0.4) is 0 Å². The third kappa shape index (κ3) is 3.53. The van der Waals surface area contributed by atoms with Gasteiger partial charge in [-0.15, -0.1) is 0 Å². The molecule has 0 aliphatic carbocycles. The molecule has 0 saturated carbocycles. The van der Waals surface area contributed by atoms with Gasteiger partial charge in [-0.3, -0.25) is 0 Å². The van der Waals surface area contributed by atoms with Crippen molar-refractivity contribution in [3.8, 4) is 0 Å². The molecule has 1 rings (SSSR count). The molecule has 0 aromatic carbocycles. The Morgan fingerprint density at radius 1 is 1.54 bits per heavy atom. The zero-order valence-corrected chi connectivity index (χ0v) is 7.30. The standard InChI is InChI=1S/C8H13N5/c9-3-6-13(10)5-2-8-1-4-11-7-12-8/h1,3-4,6-7H,2,5,9-10H2/b6-3-. The van der Waals surface area contributed by atoms with Crippen LogP contribution in [0.15, 0.2) is 31.0 Å². The van der Waals surface area contributed by atoms with Gasteiger partial charge in [0, 0.05) is 37.3 Å². The maximum absolute atomic E-state index is 5.56. The first-order chi connectivity index (χ1) is 6.33.